The van der Waals surface area contributed by atoms with E-state index in [0.717, 1.165) is 17.7 Å². The summed E-state index contributed by atoms with van der Waals surface area (Å²) in [7, 11) is 0. The molecule has 0 bridgehead atoms. The van der Waals surface area contributed by atoms with Crippen molar-refractivity contribution in [2.24, 2.45) is 0 Å². The van der Waals surface area contributed by atoms with Gasteiger partial charge in [-0.05, 0) is 25.1 Å². The molecule has 0 aromatic heterocycles. The Bertz CT molecular complexity index is 744. The molecule has 0 fully saturated rings. The zero-order valence-electron chi connectivity index (χ0n) is 11.6. The zero-order chi connectivity index (χ0) is 15.4. The van der Waals surface area contributed by atoms with Crippen molar-refractivity contribution in [1.82, 2.24) is 0 Å². The maximum Gasteiger partial charge on any atom is 0.335 e. The van der Waals surface area contributed by atoms with Crippen LogP contribution in [0.5, 0.6) is 11.5 Å². The van der Waals surface area contributed by atoms with Crippen LogP contribution < -0.4 is 9.47 Å². The van der Waals surface area contributed by atoms with Crippen molar-refractivity contribution in [1.29, 1.82) is 0 Å². The van der Waals surface area contributed by atoms with Gasteiger partial charge in [-0.1, -0.05) is 30.9 Å². The molecule has 0 unspecified atom stereocenters. The van der Waals surface area contributed by atoms with Crippen LogP contribution in [-0.2, 0) is 9.59 Å². The highest BCUT2D eigenvalue weighted by atomic mass is 16.5. The van der Waals surface area contributed by atoms with Crippen LogP contribution in [0.3, 0.4) is 0 Å². The molecule has 0 saturated carbocycles. The van der Waals surface area contributed by atoms with Crippen LogP contribution in [0.25, 0.3) is 10.8 Å². The summed E-state index contributed by atoms with van der Waals surface area (Å²) < 4.78 is 10.4. The number of carbonyl (C=O) groups excluding carboxylic acids is 2. The molecular formula is C17H14O4. The molecule has 0 saturated heterocycles. The highest BCUT2D eigenvalue weighted by Gasteiger charge is 2.12. The molecule has 0 aliphatic rings. The maximum absolute atomic E-state index is 11.4. The van der Waals surface area contributed by atoms with E-state index in [1.165, 1.54) is 0 Å². The van der Waals surface area contributed by atoms with E-state index in [1.54, 1.807) is 12.1 Å². The summed E-state index contributed by atoms with van der Waals surface area (Å²) in [5, 5.41) is 1.35. The fourth-order valence-corrected chi connectivity index (χ4v) is 1.89. The first-order chi connectivity index (χ1) is 10.0. The van der Waals surface area contributed by atoms with Gasteiger partial charge in [0.1, 0.15) is 11.5 Å². The molecule has 2 rings (SSSR count). The van der Waals surface area contributed by atoms with Crippen molar-refractivity contribution in [3.8, 4) is 11.5 Å². The number of rotatable bonds is 4. The number of carbonyl (C=O) groups is 2. The SMILES string of the molecule is C=CC(=O)Oc1ccc(OC(=O)C=C)c2cc(C)ccc12. The molecule has 21 heavy (non-hydrogen) atoms. The van der Waals surface area contributed by atoms with Crippen LogP contribution in [0.2, 0.25) is 0 Å². The van der Waals surface area contributed by atoms with Gasteiger partial charge in [-0.2, -0.15) is 0 Å². The minimum atomic E-state index is -0.548. The van der Waals surface area contributed by atoms with Crippen molar-refractivity contribution in [3.05, 3.63) is 61.2 Å². The van der Waals surface area contributed by atoms with Crippen LogP contribution in [0, 0.1) is 6.92 Å². The molecule has 0 atom stereocenters. The standard InChI is InChI=1S/C17H14O4/c1-4-16(18)20-14-8-9-15(21-17(19)5-2)13-10-11(3)6-7-12(13)14/h4-10H,1-2H2,3H3. The fraction of sp³-hybridized carbons (Fsp3) is 0.0588. The summed E-state index contributed by atoms with van der Waals surface area (Å²) in [4.78, 5) is 22.7. The van der Waals surface area contributed by atoms with E-state index >= 15 is 0 Å². The average molecular weight is 282 g/mol. The van der Waals surface area contributed by atoms with Crippen molar-refractivity contribution in [2.45, 2.75) is 6.92 Å². The third-order valence-electron chi connectivity index (χ3n) is 2.85. The second-order valence-electron chi connectivity index (χ2n) is 4.36. The quantitative estimate of drug-likeness (QED) is 0.490. The Morgan fingerprint density at radius 3 is 1.95 bits per heavy atom. The third kappa shape index (κ3) is 3.17. The fourth-order valence-electron chi connectivity index (χ4n) is 1.89. The van der Waals surface area contributed by atoms with Crippen LogP contribution >= 0.6 is 0 Å². The van der Waals surface area contributed by atoms with Gasteiger partial charge in [-0.25, -0.2) is 9.59 Å². The largest absolute Gasteiger partial charge is 0.423 e. The third-order valence-corrected chi connectivity index (χ3v) is 2.85. The van der Waals surface area contributed by atoms with E-state index in [2.05, 4.69) is 13.2 Å². The van der Waals surface area contributed by atoms with E-state index in [0.29, 0.717) is 22.3 Å². The summed E-state index contributed by atoms with van der Waals surface area (Å²) in [6.07, 6.45) is 2.18. The molecular weight excluding hydrogens is 268 g/mol. The van der Waals surface area contributed by atoms with E-state index < -0.39 is 11.9 Å². The Balaban J connectivity index is 2.58. The summed E-state index contributed by atoms with van der Waals surface area (Å²) in [5.41, 5.74) is 0.991. The molecule has 106 valence electrons. The number of fused-ring (bicyclic) bond motifs is 1. The lowest BCUT2D eigenvalue weighted by Gasteiger charge is -2.11. The first kappa shape index (κ1) is 14.5. The first-order valence-electron chi connectivity index (χ1n) is 6.27. The zero-order valence-corrected chi connectivity index (χ0v) is 11.6. The molecule has 0 amide bonds. The Morgan fingerprint density at radius 2 is 1.43 bits per heavy atom. The Kier molecular flexibility index (Phi) is 4.18. The van der Waals surface area contributed by atoms with Crippen molar-refractivity contribution < 1.29 is 19.1 Å². The van der Waals surface area contributed by atoms with Crippen LogP contribution in [0.15, 0.2) is 55.6 Å². The predicted molar refractivity (Wildman–Crippen MR) is 80.3 cm³/mol. The van der Waals surface area contributed by atoms with Crippen LogP contribution in [-0.4, -0.2) is 11.9 Å². The van der Waals surface area contributed by atoms with E-state index in [4.69, 9.17) is 9.47 Å². The highest BCUT2D eigenvalue weighted by molar-refractivity contribution is 5.98. The molecule has 4 heteroatoms. The molecule has 2 aromatic rings. The maximum atomic E-state index is 11.4. The normalized spacial score (nSPS) is 9.95. The lowest BCUT2D eigenvalue weighted by molar-refractivity contribution is -0.129. The summed E-state index contributed by atoms with van der Waals surface area (Å²) in [5.74, 6) is -0.327. The molecule has 0 spiro atoms. The summed E-state index contributed by atoms with van der Waals surface area (Å²) in [6.45, 7) is 8.65. The van der Waals surface area contributed by atoms with E-state index in [9.17, 15) is 9.59 Å². The van der Waals surface area contributed by atoms with E-state index in [1.807, 2.05) is 25.1 Å². The topological polar surface area (TPSA) is 52.6 Å². The smallest absolute Gasteiger partial charge is 0.335 e. The van der Waals surface area contributed by atoms with Crippen molar-refractivity contribution in [3.63, 3.8) is 0 Å². The summed E-state index contributed by atoms with van der Waals surface area (Å²) in [6, 6.07) is 8.69. The monoisotopic (exact) mass is 282 g/mol. The van der Waals surface area contributed by atoms with E-state index in [-0.39, 0.29) is 0 Å². The van der Waals surface area contributed by atoms with Crippen LogP contribution in [0.4, 0.5) is 0 Å². The number of ether oxygens (including phenoxy) is 2. The lowest BCUT2D eigenvalue weighted by Crippen LogP contribution is -2.06. The Labute approximate surface area is 122 Å². The molecule has 4 nitrogen and oxygen atoms in total. The molecule has 0 aliphatic heterocycles. The van der Waals surface area contributed by atoms with Gasteiger partial charge in [0.25, 0.3) is 0 Å². The number of esters is 2. The van der Waals surface area contributed by atoms with Gasteiger partial charge in [0.05, 0.1) is 0 Å². The number of benzene rings is 2. The van der Waals surface area contributed by atoms with Crippen molar-refractivity contribution >= 4 is 22.7 Å². The molecule has 0 radical (unpaired) electrons. The summed E-state index contributed by atoms with van der Waals surface area (Å²) >= 11 is 0. The van der Waals surface area contributed by atoms with Crippen LogP contribution in [0.1, 0.15) is 5.56 Å². The molecule has 2 aromatic carbocycles. The predicted octanol–water partition coefficient (Wildman–Crippen LogP) is 3.33. The Hall–Kier alpha value is -2.88. The average Bonchev–Trinajstić information content (AvgIpc) is 2.49. The van der Waals surface area contributed by atoms with Gasteiger partial charge in [0.15, 0.2) is 0 Å². The minimum absolute atomic E-state index is 0.383. The number of hydrogen-bond acceptors (Lipinski definition) is 4. The minimum Gasteiger partial charge on any atom is -0.423 e. The van der Waals surface area contributed by atoms with Gasteiger partial charge in [0.2, 0.25) is 0 Å². The van der Waals surface area contributed by atoms with Crippen molar-refractivity contribution in [2.75, 3.05) is 0 Å². The Morgan fingerprint density at radius 1 is 0.905 bits per heavy atom. The highest BCUT2D eigenvalue weighted by Crippen LogP contribution is 2.34. The second kappa shape index (κ2) is 6.05. The molecule has 0 aliphatic carbocycles. The number of aryl methyl sites for hydroxylation is 1. The first-order valence-corrected chi connectivity index (χ1v) is 6.27. The van der Waals surface area contributed by atoms with Gasteiger partial charge >= 0.3 is 11.9 Å². The lowest BCUT2D eigenvalue weighted by atomic mass is 10.1. The second-order valence-corrected chi connectivity index (χ2v) is 4.36. The molecule has 0 heterocycles. The van der Waals surface area contributed by atoms with Gasteiger partial charge in [-0.3, -0.25) is 0 Å². The number of hydrogen-bond donors (Lipinski definition) is 0. The van der Waals surface area contributed by atoms with Gasteiger partial charge in [0, 0.05) is 22.9 Å². The van der Waals surface area contributed by atoms with Gasteiger partial charge in [-0.15, -0.1) is 0 Å². The molecule has 0 N–H and O–H groups in total. The van der Waals surface area contributed by atoms with Gasteiger partial charge < -0.3 is 9.47 Å².